The molecular formula is C14H12F2O4. The number of alkyl halides is 2. The third kappa shape index (κ3) is 5.40. The van der Waals surface area contributed by atoms with Crippen LogP contribution in [0.5, 0.6) is 11.5 Å². The Labute approximate surface area is 114 Å². The molecule has 1 N–H and O–H groups in total. The Bertz CT molecular complexity index is 556. The predicted molar refractivity (Wildman–Crippen MR) is 68.7 cm³/mol. The van der Waals surface area contributed by atoms with Gasteiger partial charge in [-0.1, -0.05) is 12.0 Å². The molecule has 0 amide bonds. The highest BCUT2D eigenvalue weighted by Gasteiger charge is 2.11. The first kappa shape index (κ1) is 15.5. The zero-order chi connectivity index (χ0) is 15.0. The van der Waals surface area contributed by atoms with Gasteiger partial charge in [0.15, 0.2) is 11.5 Å². The van der Waals surface area contributed by atoms with Gasteiger partial charge < -0.3 is 14.6 Å². The molecule has 1 aromatic carbocycles. The maximum Gasteiger partial charge on any atom is 0.387 e. The first-order chi connectivity index (χ1) is 9.52. The van der Waals surface area contributed by atoms with Crippen LogP contribution < -0.4 is 9.47 Å². The van der Waals surface area contributed by atoms with Gasteiger partial charge in [0.2, 0.25) is 0 Å². The predicted octanol–water partition coefficient (Wildman–Crippen LogP) is 2.79. The Morgan fingerprint density at radius 2 is 2.20 bits per heavy atom. The molecule has 0 atom stereocenters. The highest BCUT2D eigenvalue weighted by molar-refractivity contribution is 5.85. The van der Waals surface area contributed by atoms with Crippen molar-refractivity contribution in [3.63, 3.8) is 0 Å². The molecular weight excluding hydrogens is 270 g/mol. The molecule has 0 aliphatic heterocycles. The number of carbonyl (C=O) groups is 1. The summed E-state index contributed by atoms with van der Waals surface area (Å²) in [5.41, 5.74) is 0.480. The zero-order valence-corrected chi connectivity index (χ0v) is 10.6. The summed E-state index contributed by atoms with van der Waals surface area (Å²) in [5.74, 6) is 4.04. The summed E-state index contributed by atoms with van der Waals surface area (Å²) in [5, 5.41) is 8.53. The molecule has 0 saturated heterocycles. The van der Waals surface area contributed by atoms with Gasteiger partial charge in [-0.25, -0.2) is 4.79 Å². The van der Waals surface area contributed by atoms with E-state index in [0.717, 1.165) is 6.08 Å². The van der Waals surface area contributed by atoms with Gasteiger partial charge in [0, 0.05) is 6.08 Å². The first-order valence-corrected chi connectivity index (χ1v) is 5.55. The van der Waals surface area contributed by atoms with E-state index in [4.69, 9.17) is 9.84 Å². The SMILES string of the molecule is CC#CCOc1cc(/C=C/C(=O)O)ccc1OC(F)F. The summed E-state index contributed by atoms with van der Waals surface area (Å²) >= 11 is 0. The molecule has 106 valence electrons. The first-order valence-electron chi connectivity index (χ1n) is 5.55. The standard InChI is InChI=1S/C14H12F2O4/c1-2-3-8-19-12-9-10(5-7-13(17)18)4-6-11(12)20-14(15)16/h4-7,9,14H,8H2,1H3,(H,17,18)/b7-5+. The quantitative estimate of drug-likeness (QED) is 0.644. The van der Waals surface area contributed by atoms with Crippen LogP contribution in [0.15, 0.2) is 24.3 Å². The molecule has 6 heteroatoms. The second-order valence-corrected chi connectivity index (χ2v) is 3.47. The minimum atomic E-state index is -2.98. The summed E-state index contributed by atoms with van der Waals surface area (Å²) in [7, 11) is 0. The molecule has 1 rings (SSSR count). The highest BCUT2D eigenvalue weighted by atomic mass is 19.3. The van der Waals surface area contributed by atoms with Crippen LogP contribution in [-0.4, -0.2) is 24.3 Å². The van der Waals surface area contributed by atoms with Gasteiger partial charge in [0.25, 0.3) is 0 Å². The number of ether oxygens (including phenoxy) is 2. The highest BCUT2D eigenvalue weighted by Crippen LogP contribution is 2.30. The number of hydrogen-bond acceptors (Lipinski definition) is 3. The minimum Gasteiger partial charge on any atom is -0.478 e. The van der Waals surface area contributed by atoms with Crippen molar-refractivity contribution >= 4 is 12.0 Å². The van der Waals surface area contributed by atoms with E-state index in [0.29, 0.717) is 5.56 Å². The minimum absolute atomic E-state index is 0.0161. The molecule has 4 nitrogen and oxygen atoms in total. The summed E-state index contributed by atoms with van der Waals surface area (Å²) in [6.07, 6.45) is 2.24. The molecule has 0 radical (unpaired) electrons. The van der Waals surface area contributed by atoms with Crippen LogP contribution in [0.1, 0.15) is 12.5 Å². The normalized spacial score (nSPS) is 10.2. The van der Waals surface area contributed by atoms with Gasteiger partial charge in [-0.15, -0.1) is 5.92 Å². The lowest BCUT2D eigenvalue weighted by molar-refractivity contribution is -0.131. The van der Waals surface area contributed by atoms with Crippen LogP contribution in [0.25, 0.3) is 6.08 Å². The number of rotatable bonds is 6. The van der Waals surface area contributed by atoms with E-state index in [1.54, 1.807) is 6.92 Å². The molecule has 0 aliphatic rings. The van der Waals surface area contributed by atoms with Crippen LogP contribution >= 0.6 is 0 Å². The number of hydrogen-bond donors (Lipinski definition) is 1. The molecule has 0 aromatic heterocycles. The third-order valence-electron chi connectivity index (χ3n) is 2.08. The maximum absolute atomic E-state index is 12.2. The second kappa shape index (κ2) is 7.79. The van der Waals surface area contributed by atoms with Crippen LogP contribution in [0, 0.1) is 11.8 Å². The summed E-state index contributed by atoms with van der Waals surface area (Å²) in [4.78, 5) is 10.4. The lowest BCUT2D eigenvalue weighted by Crippen LogP contribution is -2.05. The summed E-state index contributed by atoms with van der Waals surface area (Å²) in [6, 6.07) is 4.12. The van der Waals surface area contributed by atoms with Crippen molar-refractivity contribution in [2.45, 2.75) is 13.5 Å². The molecule has 0 saturated carbocycles. The summed E-state index contributed by atoms with van der Waals surface area (Å²) < 4.78 is 34.0. The molecule has 20 heavy (non-hydrogen) atoms. The fourth-order valence-corrected chi connectivity index (χ4v) is 1.29. The Morgan fingerprint density at radius 3 is 2.80 bits per heavy atom. The Morgan fingerprint density at radius 1 is 1.45 bits per heavy atom. The van der Waals surface area contributed by atoms with Crippen molar-refractivity contribution in [2.24, 2.45) is 0 Å². The number of carboxylic acids is 1. The van der Waals surface area contributed by atoms with Crippen LogP contribution in [0.2, 0.25) is 0 Å². The van der Waals surface area contributed by atoms with Crippen molar-refractivity contribution in [1.82, 2.24) is 0 Å². The second-order valence-electron chi connectivity index (χ2n) is 3.47. The average Bonchev–Trinajstić information content (AvgIpc) is 2.38. The molecule has 0 unspecified atom stereocenters. The van der Waals surface area contributed by atoms with Gasteiger partial charge in [-0.3, -0.25) is 0 Å². The molecule has 0 spiro atoms. The van der Waals surface area contributed by atoms with Crippen molar-refractivity contribution < 1.29 is 28.2 Å². The monoisotopic (exact) mass is 282 g/mol. The molecule has 0 bridgehead atoms. The van der Waals surface area contributed by atoms with Gasteiger partial charge in [-0.05, 0) is 30.7 Å². The van der Waals surface area contributed by atoms with E-state index in [1.165, 1.54) is 24.3 Å². The van der Waals surface area contributed by atoms with Crippen molar-refractivity contribution in [3.05, 3.63) is 29.8 Å². The fraction of sp³-hybridized carbons (Fsp3) is 0.214. The van der Waals surface area contributed by atoms with Gasteiger partial charge in [-0.2, -0.15) is 8.78 Å². The number of halogens is 2. The number of carboxylic acid groups (broad SMARTS) is 1. The van der Waals surface area contributed by atoms with E-state index in [2.05, 4.69) is 16.6 Å². The topological polar surface area (TPSA) is 55.8 Å². The Hall–Kier alpha value is -2.55. The van der Waals surface area contributed by atoms with E-state index >= 15 is 0 Å². The van der Waals surface area contributed by atoms with E-state index in [-0.39, 0.29) is 18.1 Å². The molecule has 1 aromatic rings. The zero-order valence-electron chi connectivity index (χ0n) is 10.6. The van der Waals surface area contributed by atoms with E-state index in [1.807, 2.05) is 0 Å². The average molecular weight is 282 g/mol. The molecule has 0 fully saturated rings. The van der Waals surface area contributed by atoms with Crippen LogP contribution in [-0.2, 0) is 4.79 Å². The lowest BCUT2D eigenvalue weighted by atomic mass is 10.2. The lowest BCUT2D eigenvalue weighted by Gasteiger charge is -2.11. The molecule has 0 aliphatic carbocycles. The third-order valence-corrected chi connectivity index (χ3v) is 2.08. The Kier molecular flexibility index (Phi) is 6.04. The number of aliphatic carboxylic acids is 1. The Balaban J connectivity index is 2.99. The van der Waals surface area contributed by atoms with Crippen LogP contribution in [0.4, 0.5) is 8.78 Å². The van der Waals surface area contributed by atoms with Crippen molar-refractivity contribution in [2.75, 3.05) is 6.61 Å². The van der Waals surface area contributed by atoms with E-state index in [9.17, 15) is 13.6 Å². The van der Waals surface area contributed by atoms with Crippen LogP contribution in [0.3, 0.4) is 0 Å². The summed E-state index contributed by atoms with van der Waals surface area (Å²) in [6.45, 7) is -1.34. The van der Waals surface area contributed by atoms with Gasteiger partial charge in [0.1, 0.15) is 6.61 Å². The smallest absolute Gasteiger partial charge is 0.387 e. The molecule has 0 heterocycles. The maximum atomic E-state index is 12.2. The van der Waals surface area contributed by atoms with Gasteiger partial charge >= 0.3 is 12.6 Å². The fourth-order valence-electron chi connectivity index (χ4n) is 1.29. The number of benzene rings is 1. The van der Waals surface area contributed by atoms with Gasteiger partial charge in [0.05, 0.1) is 0 Å². The van der Waals surface area contributed by atoms with E-state index < -0.39 is 12.6 Å². The largest absolute Gasteiger partial charge is 0.478 e. The van der Waals surface area contributed by atoms with Crippen molar-refractivity contribution in [3.8, 4) is 23.3 Å². The van der Waals surface area contributed by atoms with Crippen molar-refractivity contribution in [1.29, 1.82) is 0 Å².